The van der Waals surface area contributed by atoms with Crippen LogP contribution in [0.15, 0.2) is 85.0 Å². The molecule has 320 valence electrons. The van der Waals surface area contributed by atoms with E-state index in [-0.39, 0.29) is 29.5 Å². The number of carbonyl (C=O) groups is 8. The monoisotopic (exact) mass is 824 g/mol. The first-order chi connectivity index (χ1) is 28.8. The molecule has 0 bridgehead atoms. The van der Waals surface area contributed by atoms with E-state index in [0.29, 0.717) is 64.6 Å². The van der Waals surface area contributed by atoms with Gasteiger partial charge in [0.25, 0.3) is 0 Å². The van der Waals surface area contributed by atoms with Gasteiger partial charge in [-0.1, -0.05) is 85.0 Å². The van der Waals surface area contributed by atoms with Crippen molar-refractivity contribution in [2.75, 3.05) is 26.2 Å². The van der Waals surface area contributed by atoms with Gasteiger partial charge in [0.05, 0.1) is 18.1 Å². The minimum Gasteiger partial charge on any atom is -0.342 e. The average Bonchev–Trinajstić information content (AvgIpc) is 4.10. The molecule has 0 unspecified atom stereocenters. The van der Waals surface area contributed by atoms with Crippen molar-refractivity contribution in [2.45, 2.75) is 101 Å². The van der Waals surface area contributed by atoms with Gasteiger partial charge in [-0.05, 0) is 50.7 Å². The van der Waals surface area contributed by atoms with Crippen molar-refractivity contribution in [3.8, 4) is 0 Å². The zero-order valence-electron chi connectivity index (χ0n) is 34.1. The fraction of sp³-hybridized carbons (Fsp3) is 0.455. The largest absolute Gasteiger partial charge is 0.342 e. The van der Waals surface area contributed by atoms with Gasteiger partial charge in [0, 0.05) is 39.0 Å². The summed E-state index contributed by atoms with van der Waals surface area (Å²) in [5, 5.41) is 5.66. The second-order valence-corrected chi connectivity index (χ2v) is 15.6. The molecule has 4 heterocycles. The summed E-state index contributed by atoms with van der Waals surface area (Å²) in [6, 6.07) is 13.1. The van der Waals surface area contributed by atoms with Crippen LogP contribution in [0.3, 0.4) is 0 Å². The molecule has 0 spiro atoms. The Morgan fingerprint density at radius 2 is 1.13 bits per heavy atom. The zero-order chi connectivity index (χ0) is 43.3. The highest BCUT2D eigenvalue weighted by atomic mass is 16.2. The minimum atomic E-state index is -0.838. The summed E-state index contributed by atoms with van der Waals surface area (Å²) in [5.74, 6) is -2.01. The minimum absolute atomic E-state index is 0.275. The number of carbonyl (C=O) groups excluding carboxylic acids is 8. The lowest BCUT2D eigenvalue weighted by Crippen LogP contribution is -2.56. The zero-order valence-corrected chi connectivity index (χ0v) is 34.1. The first kappa shape index (κ1) is 45.1. The quantitative estimate of drug-likeness (QED) is 0.148. The molecule has 16 heteroatoms. The number of nitrogens with two attached hydrogens (primary N) is 2. The van der Waals surface area contributed by atoms with Crippen molar-refractivity contribution in [3.63, 3.8) is 0 Å². The fourth-order valence-electron chi connectivity index (χ4n) is 7.93. The number of benzene rings is 2. The van der Waals surface area contributed by atoms with E-state index in [4.69, 9.17) is 11.5 Å². The Balaban J connectivity index is 0.000000228. The van der Waals surface area contributed by atoms with Gasteiger partial charge in [-0.3, -0.25) is 28.8 Å². The third kappa shape index (κ3) is 11.2. The van der Waals surface area contributed by atoms with E-state index < -0.39 is 54.2 Å². The molecule has 60 heavy (non-hydrogen) atoms. The molecule has 2 fully saturated rings. The van der Waals surface area contributed by atoms with Crippen LogP contribution < -0.4 is 22.1 Å². The van der Waals surface area contributed by atoms with Gasteiger partial charge in [0.2, 0.25) is 35.4 Å². The topological polar surface area (TPSA) is 226 Å². The van der Waals surface area contributed by atoms with Crippen molar-refractivity contribution in [1.29, 1.82) is 0 Å². The maximum absolute atomic E-state index is 13.2. The molecule has 6 rings (SSSR count). The average molecular weight is 825 g/mol. The Hall–Kier alpha value is -6.00. The van der Waals surface area contributed by atoms with Crippen LogP contribution in [0, 0.1) is 0 Å². The highest BCUT2D eigenvalue weighted by Gasteiger charge is 2.40. The van der Waals surface area contributed by atoms with Crippen LogP contribution in [-0.4, -0.2) is 142 Å². The fourth-order valence-corrected chi connectivity index (χ4v) is 7.93. The number of rotatable bonds is 14. The van der Waals surface area contributed by atoms with Crippen LogP contribution in [0.5, 0.6) is 0 Å². The standard InChI is InChI=1S/2C22H28N4O4/c2*1-15(23)21(29)26-12-6-10-19(26)20(28)24-18(13-16-7-3-2-4-8-16)22(30)25-11-5-9-17(25)14-27/h2-4,6-8,10,14-15,17-19H,5,9,11-13,23H2,1H3,(H,24,28);2-5,7-9,14-15,17-19H,6,10-13,23H2,1H3,(H,24,28)/t15-,17-,18+,19-;15-,17-,18-,19-/m00/s1. The number of hydrogen-bond donors (Lipinski definition) is 4. The van der Waals surface area contributed by atoms with Gasteiger partial charge in [0.1, 0.15) is 42.8 Å². The highest BCUT2D eigenvalue weighted by Crippen LogP contribution is 2.21. The Labute approximate surface area is 350 Å². The van der Waals surface area contributed by atoms with E-state index >= 15 is 0 Å². The summed E-state index contributed by atoms with van der Waals surface area (Å²) >= 11 is 0. The summed E-state index contributed by atoms with van der Waals surface area (Å²) in [6.45, 7) is 4.75. The lowest BCUT2D eigenvalue weighted by Gasteiger charge is -2.30. The number of hydrogen-bond acceptors (Lipinski definition) is 10. The number of nitrogens with zero attached hydrogens (tertiary/aromatic N) is 4. The number of nitrogens with one attached hydrogen (secondary N) is 2. The molecule has 0 saturated carbocycles. The van der Waals surface area contributed by atoms with Gasteiger partial charge in [-0.15, -0.1) is 0 Å². The SMILES string of the molecule is C[C@H](N)C(=O)N1CC=C[C@H]1C(=O)N[C@H](Cc1ccccc1)C(=O)N1CCC[C@H]1C=O.C[C@H](N)C(=O)N1CCC[C@H]1C(=O)N[C@@H](Cc1ccccc1)C(=O)N1CC=C[C@H]1C=O. The van der Waals surface area contributed by atoms with E-state index in [1.807, 2.05) is 60.7 Å². The highest BCUT2D eigenvalue weighted by molar-refractivity contribution is 5.96. The van der Waals surface area contributed by atoms with Gasteiger partial charge < -0.3 is 51.3 Å². The molecule has 6 N–H and O–H groups in total. The lowest BCUT2D eigenvalue weighted by molar-refractivity contribution is -0.142. The number of likely N-dealkylation sites (tertiary alicyclic amines) is 2. The Kier molecular flexibility index (Phi) is 16.0. The molecule has 0 aromatic heterocycles. The summed E-state index contributed by atoms with van der Waals surface area (Å²) in [4.78, 5) is 106. The molecule has 16 nitrogen and oxygen atoms in total. The van der Waals surface area contributed by atoms with Crippen LogP contribution in [0.2, 0.25) is 0 Å². The molecular formula is C44H56N8O8. The van der Waals surface area contributed by atoms with Crippen LogP contribution >= 0.6 is 0 Å². The molecule has 2 aromatic rings. The van der Waals surface area contributed by atoms with E-state index in [0.717, 1.165) is 23.8 Å². The first-order valence-corrected chi connectivity index (χ1v) is 20.5. The van der Waals surface area contributed by atoms with Crippen molar-refractivity contribution < 1.29 is 38.4 Å². The normalized spacial score (nSPS) is 22.6. The second kappa shape index (κ2) is 21.3. The van der Waals surface area contributed by atoms with Crippen LogP contribution in [0.25, 0.3) is 0 Å². The summed E-state index contributed by atoms with van der Waals surface area (Å²) in [7, 11) is 0. The van der Waals surface area contributed by atoms with Gasteiger partial charge in [0.15, 0.2) is 0 Å². The van der Waals surface area contributed by atoms with Crippen molar-refractivity contribution in [2.24, 2.45) is 11.5 Å². The molecular weight excluding hydrogens is 769 g/mol. The van der Waals surface area contributed by atoms with E-state index in [1.54, 1.807) is 38.2 Å². The van der Waals surface area contributed by atoms with Gasteiger partial charge in [-0.2, -0.15) is 0 Å². The van der Waals surface area contributed by atoms with E-state index in [9.17, 15) is 38.4 Å². The second-order valence-electron chi connectivity index (χ2n) is 15.6. The third-order valence-corrected chi connectivity index (χ3v) is 11.1. The lowest BCUT2D eigenvalue weighted by atomic mass is 10.0. The molecule has 4 aliphatic rings. The molecule has 0 radical (unpaired) electrons. The number of aldehydes is 2. The summed E-state index contributed by atoms with van der Waals surface area (Å²) in [6.07, 6.45) is 11.5. The van der Waals surface area contributed by atoms with Gasteiger partial charge >= 0.3 is 0 Å². The van der Waals surface area contributed by atoms with E-state index in [1.165, 1.54) is 19.6 Å². The predicted octanol–water partition coefficient (Wildman–Crippen LogP) is 0.0360. The molecule has 8 atom stereocenters. The number of amides is 6. The molecule has 0 aliphatic carbocycles. The summed E-state index contributed by atoms with van der Waals surface area (Å²) < 4.78 is 0. The Bertz CT molecular complexity index is 1900. The predicted molar refractivity (Wildman–Crippen MR) is 222 cm³/mol. The van der Waals surface area contributed by atoms with E-state index in [2.05, 4.69) is 10.6 Å². The summed E-state index contributed by atoms with van der Waals surface area (Å²) in [5.41, 5.74) is 13.2. The van der Waals surface area contributed by atoms with Crippen LogP contribution in [-0.2, 0) is 51.2 Å². The van der Waals surface area contributed by atoms with Crippen molar-refractivity contribution in [3.05, 3.63) is 96.1 Å². The first-order valence-electron chi connectivity index (χ1n) is 20.5. The third-order valence-electron chi connectivity index (χ3n) is 11.1. The Morgan fingerprint density at radius 1 is 0.633 bits per heavy atom. The maximum Gasteiger partial charge on any atom is 0.247 e. The molecule has 4 aliphatic heterocycles. The smallest absolute Gasteiger partial charge is 0.247 e. The van der Waals surface area contributed by atoms with Gasteiger partial charge in [-0.25, -0.2) is 0 Å². The van der Waals surface area contributed by atoms with Crippen LogP contribution in [0.1, 0.15) is 50.7 Å². The van der Waals surface area contributed by atoms with Crippen LogP contribution in [0.4, 0.5) is 0 Å². The van der Waals surface area contributed by atoms with Crippen molar-refractivity contribution in [1.82, 2.24) is 30.2 Å². The maximum atomic E-state index is 13.2. The molecule has 2 aromatic carbocycles. The Morgan fingerprint density at radius 3 is 1.70 bits per heavy atom. The van der Waals surface area contributed by atoms with Crippen molar-refractivity contribution >= 4 is 48.0 Å². The molecule has 2 saturated heterocycles. The molecule has 6 amide bonds.